The third-order valence-electron chi connectivity index (χ3n) is 3.29. The van der Waals surface area contributed by atoms with Crippen LogP contribution in [0.5, 0.6) is 5.75 Å². The fraction of sp³-hybridized carbons (Fsp3) is 0.538. The summed E-state index contributed by atoms with van der Waals surface area (Å²) in [4.78, 5) is 1.37. The minimum absolute atomic E-state index is 0.130. The van der Waals surface area contributed by atoms with Gasteiger partial charge in [-0.15, -0.1) is 0 Å². The van der Waals surface area contributed by atoms with Gasteiger partial charge in [-0.05, 0) is 17.7 Å². The van der Waals surface area contributed by atoms with Gasteiger partial charge >= 0.3 is 6.18 Å². The number of ether oxygens (including phenoxy) is 2. The van der Waals surface area contributed by atoms with Gasteiger partial charge in [0.2, 0.25) is 0 Å². The number of benzene rings is 1. The Bertz CT molecular complexity index is 459. The molecule has 20 heavy (non-hydrogen) atoms. The minimum atomic E-state index is -4.36. The maximum atomic E-state index is 13.4. The number of halogens is 3. The van der Waals surface area contributed by atoms with Gasteiger partial charge in [-0.2, -0.15) is 13.2 Å². The van der Waals surface area contributed by atoms with Gasteiger partial charge in [0.1, 0.15) is 11.8 Å². The number of methoxy groups -OCH3 is 1. The molecule has 0 aromatic heterocycles. The molecule has 0 saturated carbocycles. The topological polar surface area (TPSA) is 47.7 Å². The zero-order valence-electron chi connectivity index (χ0n) is 11.1. The normalized spacial score (nSPS) is 18.8. The second kappa shape index (κ2) is 5.88. The first-order valence-electron chi connectivity index (χ1n) is 6.25. The number of anilines is 1. The van der Waals surface area contributed by atoms with Crippen molar-refractivity contribution in [2.45, 2.75) is 12.2 Å². The number of alkyl halides is 3. The van der Waals surface area contributed by atoms with Crippen LogP contribution in [0.4, 0.5) is 18.9 Å². The largest absolute Gasteiger partial charge is 0.495 e. The number of nitrogens with two attached hydrogens (primary N) is 1. The van der Waals surface area contributed by atoms with Crippen molar-refractivity contribution in [3.63, 3.8) is 0 Å². The van der Waals surface area contributed by atoms with E-state index >= 15 is 0 Å². The van der Waals surface area contributed by atoms with Gasteiger partial charge in [0, 0.05) is 13.1 Å². The SMILES string of the molecule is COc1cc(C(N2CCOCC2)C(F)(F)F)ccc1N. The molecule has 1 unspecified atom stereocenters. The molecule has 1 fully saturated rings. The van der Waals surface area contributed by atoms with E-state index in [0.717, 1.165) is 0 Å². The summed E-state index contributed by atoms with van der Waals surface area (Å²) in [5.41, 5.74) is 6.10. The first kappa shape index (κ1) is 14.9. The predicted molar refractivity (Wildman–Crippen MR) is 68.6 cm³/mol. The Kier molecular flexibility index (Phi) is 4.39. The summed E-state index contributed by atoms with van der Waals surface area (Å²) in [5.74, 6) is 0.255. The summed E-state index contributed by atoms with van der Waals surface area (Å²) >= 11 is 0. The number of hydrogen-bond donors (Lipinski definition) is 1. The van der Waals surface area contributed by atoms with Crippen LogP contribution in [0.15, 0.2) is 18.2 Å². The van der Waals surface area contributed by atoms with Crippen LogP contribution < -0.4 is 10.5 Å². The second-order valence-electron chi connectivity index (χ2n) is 4.59. The molecule has 1 aromatic carbocycles. The zero-order chi connectivity index (χ0) is 14.8. The molecule has 0 bridgehead atoms. The van der Waals surface area contributed by atoms with E-state index < -0.39 is 12.2 Å². The van der Waals surface area contributed by atoms with Crippen molar-refractivity contribution in [1.82, 2.24) is 4.90 Å². The standard InChI is InChI=1S/C13H17F3N2O2/c1-19-11-8-9(2-3-10(11)17)12(13(14,15)16)18-4-6-20-7-5-18/h2-3,8,12H,4-7,17H2,1H3. The predicted octanol–water partition coefficient (Wildman–Crippen LogP) is 2.21. The molecule has 1 atom stereocenters. The van der Waals surface area contributed by atoms with Crippen molar-refractivity contribution in [2.24, 2.45) is 0 Å². The Morgan fingerprint density at radius 3 is 2.50 bits per heavy atom. The molecule has 0 amide bonds. The van der Waals surface area contributed by atoms with Crippen LogP contribution in [0.3, 0.4) is 0 Å². The smallest absolute Gasteiger partial charge is 0.408 e. The molecule has 0 radical (unpaired) electrons. The number of morpholine rings is 1. The van der Waals surface area contributed by atoms with Gasteiger partial charge in [0.05, 0.1) is 26.0 Å². The van der Waals surface area contributed by atoms with Crippen LogP contribution in [-0.4, -0.2) is 44.5 Å². The third-order valence-corrected chi connectivity index (χ3v) is 3.29. The Labute approximate surface area is 115 Å². The van der Waals surface area contributed by atoms with Crippen molar-refractivity contribution in [1.29, 1.82) is 0 Å². The molecule has 1 saturated heterocycles. The maximum absolute atomic E-state index is 13.4. The highest BCUT2D eigenvalue weighted by atomic mass is 19.4. The first-order valence-corrected chi connectivity index (χ1v) is 6.25. The van der Waals surface area contributed by atoms with Crippen LogP contribution in [0.2, 0.25) is 0 Å². The molecule has 1 aliphatic rings. The van der Waals surface area contributed by atoms with Gasteiger partial charge in [0.25, 0.3) is 0 Å². The summed E-state index contributed by atoms with van der Waals surface area (Å²) in [6.45, 7) is 1.10. The highest BCUT2D eigenvalue weighted by Gasteiger charge is 2.45. The van der Waals surface area contributed by atoms with E-state index in [1.165, 1.54) is 30.2 Å². The summed E-state index contributed by atoms with van der Waals surface area (Å²) in [5, 5.41) is 0. The van der Waals surface area contributed by atoms with Crippen molar-refractivity contribution in [3.8, 4) is 5.75 Å². The number of hydrogen-bond acceptors (Lipinski definition) is 4. The highest BCUT2D eigenvalue weighted by Crippen LogP contribution is 2.40. The lowest BCUT2D eigenvalue weighted by Gasteiger charge is -2.35. The first-order chi connectivity index (χ1) is 9.43. The molecule has 0 spiro atoms. The van der Waals surface area contributed by atoms with Crippen LogP contribution >= 0.6 is 0 Å². The van der Waals surface area contributed by atoms with Crippen LogP contribution in [-0.2, 0) is 4.74 Å². The van der Waals surface area contributed by atoms with E-state index in [2.05, 4.69) is 0 Å². The van der Waals surface area contributed by atoms with Gasteiger partial charge < -0.3 is 15.2 Å². The number of nitrogens with zero attached hydrogens (tertiary/aromatic N) is 1. The molecule has 4 nitrogen and oxygen atoms in total. The van der Waals surface area contributed by atoms with Crippen molar-refractivity contribution in [3.05, 3.63) is 23.8 Å². The average molecular weight is 290 g/mol. The number of rotatable bonds is 3. The average Bonchev–Trinajstić information content (AvgIpc) is 2.40. The van der Waals surface area contributed by atoms with Crippen LogP contribution in [0.1, 0.15) is 11.6 Å². The molecule has 1 heterocycles. The number of nitrogen functional groups attached to an aromatic ring is 1. The lowest BCUT2D eigenvalue weighted by Crippen LogP contribution is -2.44. The fourth-order valence-electron chi connectivity index (χ4n) is 2.34. The van der Waals surface area contributed by atoms with Crippen molar-refractivity contribution >= 4 is 5.69 Å². The third kappa shape index (κ3) is 3.16. The Balaban J connectivity index is 2.35. The van der Waals surface area contributed by atoms with E-state index in [1.807, 2.05) is 0 Å². The Hall–Kier alpha value is -1.47. The molecule has 2 rings (SSSR count). The van der Waals surface area contributed by atoms with Crippen LogP contribution in [0.25, 0.3) is 0 Å². The van der Waals surface area contributed by atoms with E-state index in [-0.39, 0.29) is 24.4 Å². The van der Waals surface area contributed by atoms with Gasteiger partial charge in [-0.3, -0.25) is 4.90 Å². The second-order valence-corrected chi connectivity index (χ2v) is 4.59. The van der Waals surface area contributed by atoms with E-state index in [4.69, 9.17) is 15.2 Å². The summed E-state index contributed by atoms with van der Waals surface area (Å²) in [7, 11) is 1.38. The molecule has 1 aromatic rings. The Morgan fingerprint density at radius 2 is 1.95 bits per heavy atom. The summed E-state index contributed by atoms with van der Waals surface area (Å²) < 4.78 is 50.2. The molecular formula is C13H17F3N2O2. The quantitative estimate of drug-likeness (QED) is 0.867. The van der Waals surface area contributed by atoms with Crippen LogP contribution in [0, 0.1) is 0 Å². The van der Waals surface area contributed by atoms with E-state index in [0.29, 0.717) is 18.9 Å². The molecule has 0 aliphatic carbocycles. The lowest BCUT2D eigenvalue weighted by atomic mass is 10.0. The minimum Gasteiger partial charge on any atom is -0.495 e. The summed E-state index contributed by atoms with van der Waals surface area (Å²) in [6.07, 6.45) is -4.36. The van der Waals surface area contributed by atoms with Crippen molar-refractivity contribution in [2.75, 3.05) is 39.1 Å². The summed E-state index contributed by atoms with van der Waals surface area (Å²) in [6, 6.07) is 2.52. The molecule has 112 valence electrons. The van der Waals surface area contributed by atoms with Gasteiger partial charge in [-0.25, -0.2) is 0 Å². The maximum Gasteiger partial charge on any atom is 0.408 e. The molecular weight excluding hydrogens is 273 g/mol. The zero-order valence-corrected chi connectivity index (χ0v) is 11.1. The van der Waals surface area contributed by atoms with E-state index in [9.17, 15) is 13.2 Å². The van der Waals surface area contributed by atoms with Gasteiger partial charge in [0.15, 0.2) is 0 Å². The Morgan fingerprint density at radius 1 is 1.30 bits per heavy atom. The molecule has 2 N–H and O–H groups in total. The molecule has 7 heteroatoms. The van der Waals surface area contributed by atoms with Gasteiger partial charge in [-0.1, -0.05) is 6.07 Å². The van der Waals surface area contributed by atoms with Crippen molar-refractivity contribution < 1.29 is 22.6 Å². The highest BCUT2D eigenvalue weighted by molar-refractivity contribution is 5.54. The fourth-order valence-corrected chi connectivity index (χ4v) is 2.34. The monoisotopic (exact) mass is 290 g/mol. The van der Waals surface area contributed by atoms with E-state index in [1.54, 1.807) is 0 Å². The lowest BCUT2D eigenvalue weighted by molar-refractivity contribution is -0.194. The molecule has 1 aliphatic heterocycles.